The van der Waals surface area contributed by atoms with Crippen molar-refractivity contribution in [3.63, 3.8) is 0 Å². The molecule has 1 aromatic heterocycles. The van der Waals surface area contributed by atoms with Crippen LogP contribution in [0.1, 0.15) is 31.1 Å². The number of nitrogen functional groups attached to an aromatic ring is 1. The van der Waals surface area contributed by atoms with Gasteiger partial charge in [-0.2, -0.15) is 0 Å². The van der Waals surface area contributed by atoms with Gasteiger partial charge in [0.2, 0.25) is 5.91 Å². The summed E-state index contributed by atoms with van der Waals surface area (Å²) in [6.45, 7) is 4.97. The minimum Gasteiger partial charge on any atom is -0.444 e. The second-order valence-electron chi connectivity index (χ2n) is 7.52. The lowest BCUT2D eigenvalue weighted by Crippen LogP contribution is -2.43. The van der Waals surface area contributed by atoms with E-state index in [-0.39, 0.29) is 24.8 Å². The highest BCUT2D eigenvalue weighted by atomic mass is 16.6. The molecule has 0 radical (unpaired) electrons. The van der Waals surface area contributed by atoms with Crippen LogP contribution < -0.4 is 5.73 Å². The smallest absolute Gasteiger partial charge is 0.410 e. The number of carbonyl (C=O) groups is 3. The molecular weight excluding hydrogens is 348 g/mol. The lowest BCUT2D eigenvalue weighted by Gasteiger charge is -2.25. The number of likely N-dealkylation sites (N-methyl/N-ethyl adjacent to an activating group) is 2. The predicted octanol–water partition coefficient (Wildman–Crippen LogP) is 2.26. The topological polar surface area (TPSA) is 109 Å². The van der Waals surface area contributed by atoms with E-state index in [9.17, 15) is 14.4 Å². The van der Waals surface area contributed by atoms with Crippen molar-refractivity contribution >= 4 is 34.4 Å². The van der Waals surface area contributed by atoms with Crippen LogP contribution in [0.15, 0.2) is 24.4 Å². The molecule has 8 nitrogen and oxygen atoms in total. The van der Waals surface area contributed by atoms with E-state index >= 15 is 0 Å². The first-order valence-electron chi connectivity index (χ1n) is 8.56. The summed E-state index contributed by atoms with van der Waals surface area (Å²) in [5.41, 5.74) is 6.94. The van der Waals surface area contributed by atoms with Crippen molar-refractivity contribution < 1.29 is 19.1 Å². The average Bonchev–Trinajstić information content (AvgIpc) is 2.95. The summed E-state index contributed by atoms with van der Waals surface area (Å²) in [5, 5.41) is 0.751. The summed E-state index contributed by atoms with van der Waals surface area (Å²) in [6, 6.07) is 5.24. The van der Waals surface area contributed by atoms with E-state index in [1.54, 1.807) is 45.2 Å². The number of nitrogens with one attached hydrogen (secondary N) is 1. The molecule has 0 atom stereocenters. The molecule has 1 aromatic carbocycles. The largest absolute Gasteiger partial charge is 0.444 e. The maximum absolute atomic E-state index is 12.6. The number of carbonyl (C=O) groups excluding carboxylic acids is 3. The van der Waals surface area contributed by atoms with Crippen LogP contribution in [-0.4, -0.2) is 65.4 Å². The van der Waals surface area contributed by atoms with Gasteiger partial charge in [0, 0.05) is 42.4 Å². The molecule has 0 aliphatic rings. The molecular formula is C19H26N4O4. The maximum Gasteiger partial charge on any atom is 0.410 e. The lowest BCUT2D eigenvalue weighted by atomic mass is 10.1. The van der Waals surface area contributed by atoms with Crippen LogP contribution in [0.2, 0.25) is 0 Å². The summed E-state index contributed by atoms with van der Waals surface area (Å²) in [6.07, 6.45) is 1.02. The molecule has 3 N–H and O–H groups in total. The number of ether oxygens (including phenoxy) is 1. The van der Waals surface area contributed by atoms with Crippen LogP contribution in [0.3, 0.4) is 0 Å². The number of nitrogens with zero attached hydrogens (tertiary/aromatic N) is 2. The zero-order valence-corrected chi connectivity index (χ0v) is 16.3. The highest BCUT2D eigenvalue weighted by Crippen LogP contribution is 2.21. The van der Waals surface area contributed by atoms with E-state index in [0.29, 0.717) is 11.3 Å². The normalized spacial score (nSPS) is 11.3. The van der Waals surface area contributed by atoms with Gasteiger partial charge in [-0.15, -0.1) is 0 Å². The molecule has 0 bridgehead atoms. The lowest BCUT2D eigenvalue weighted by molar-refractivity contribution is -0.130. The minimum absolute atomic E-state index is 0.0989. The number of ketones is 1. The van der Waals surface area contributed by atoms with Crippen molar-refractivity contribution in [3.05, 3.63) is 30.0 Å². The molecule has 0 saturated carbocycles. The van der Waals surface area contributed by atoms with E-state index in [2.05, 4.69) is 4.98 Å². The van der Waals surface area contributed by atoms with Gasteiger partial charge >= 0.3 is 6.09 Å². The van der Waals surface area contributed by atoms with Gasteiger partial charge in [0.1, 0.15) is 12.1 Å². The number of fused-ring (bicyclic) bond motifs is 1. The molecule has 0 fully saturated rings. The quantitative estimate of drug-likeness (QED) is 0.616. The fourth-order valence-electron chi connectivity index (χ4n) is 2.49. The number of Topliss-reactive ketones (excluding diaryl/α,β-unsaturated/α-hetero) is 1. The Balaban J connectivity index is 1.99. The number of aromatic amines is 1. The van der Waals surface area contributed by atoms with Gasteiger partial charge in [-0.3, -0.25) is 9.59 Å². The number of rotatable bonds is 5. The maximum atomic E-state index is 12.6. The van der Waals surface area contributed by atoms with Gasteiger partial charge in [-0.25, -0.2) is 4.79 Å². The fraction of sp³-hybridized carbons (Fsp3) is 0.421. The highest BCUT2D eigenvalue weighted by Gasteiger charge is 2.23. The summed E-state index contributed by atoms with van der Waals surface area (Å²) >= 11 is 0. The Kier molecular flexibility index (Phi) is 5.78. The molecule has 0 aliphatic heterocycles. The first-order chi connectivity index (χ1) is 12.5. The molecule has 146 valence electrons. The van der Waals surface area contributed by atoms with Gasteiger partial charge in [0.25, 0.3) is 0 Å². The number of benzene rings is 1. The number of anilines is 1. The van der Waals surface area contributed by atoms with E-state index in [1.807, 2.05) is 0 Å². The summed E-state index contributed by atoms with van der Waals surface area (Å²) in [7, 11) is 3.00. The Labute approximate surface area is 158 Å². The Bertz CT molecular complexity index is 866. The third-order valence-corrected chi connectivity index (χ3v) is 3.89. The van der Waals surface area contributed by atoms with E-state index in [1.165, 1.54) is 23.9 Å². The van der Waals surface area contributed by atoms with Crippen molar-refractivity contribution in [2.24, 2.45) is 0 Å². The van der Waals surface area contributed by atoms with Gasteiger partial charge in [0.05, 0.1) is 6.54 Å². The number of H-pyrrole nitrogens is 1. The van der Waals surface area contributed by atoms with Crippen LogP contribution in [-0.2, 0) is 9.53 Å². The molecule has 0 spiro atoms. The monoisotopic (exact) mass is 374 g/mol. The molecule has 27 heavy (non-hydrogen) atoms. The number of hydrogen-bond donors (Lipinski definition) is 2. The van der Waals surface area contributed by atoms with Crippen molar-refractivity contribution in [1.29, 1.82) is 0 Å². The van der Waals surface area contributed by atoms with E-state index in [4.69, 9.17) is 10.5 Å². The van der Waals surface area contributed by atoms with Gasteiger partial charge < -0.3 is 25.3 Å². The molecule has 0 unspecified atom stereocenters. The van der Waals surface area contributed by atoms with E-state index < -0.39 is 11.7 Å². The molecule has 1 heterocycles. The van der Waals surface area contributed by atoms with Crippen LogP contribution >= 0.6 is 0 Å². The average molecular weight is 374 g/mol. The Morgan fingerprint density at radius 2 is 1.78 bits per heavy atom. The van der Waals surface area contributed by atoms with Crippen LogP contribution in [0.5, 0.6) is 0 Å². The zero-order chi connectivity index (χ0) is 20.4. The number of nitrogens with two attached hydrogens (primary N) is 1. The Morgan fingerprint density at radius 3 is 2.41 bits per heavy atom. The zero-order valence-electron chi connectivity index (χ0n) is 16.3. The van der Waals surface area contributed by atoms with Gasteiger partial charge in [-0.1, -0.05) is 6.07 Å². The SMILES string of the molecule is CN(CC(=O)c1c[nH]c2cc(N)ccc12)C(=O)CN(C)C(=O)OC(C)(C)C. The Morgan fingerprint density at radius 1 is 1.11 bits per heavy atom. The second-order valence-corrected chi connectivity index (χ2v) is 7.52. The van der Waals surface area contributed by atoms with Crippen LogP contribution in [0.25, 0.3) is 10.9 Å². The molecule has 2 amide bonds. The summed E-state index contributed by atoms with van der Waals surface area (Å²) in [4.78, 5) is 42.3. The third-order valence-electron chi connectivity index (χ3n) is 3.89. The van der Waals surface area contributed by atoms with Crippen molar-refractivity contribution in [2.45, 2.75) is 26.4 Å². The fourth-order valence-corrected chi connectivity index (χ4v) is 2.49. The summed E-state index contributed by atoms with van der Waals surface area (Å²) < 4.78 is 5.21. The van der Waals surface area contributed by atoms with Crippen molar-refractivity contribution in [3.8, 4) is 0 Å². The first-order valence-corrected chi connectivity index (χ1v) is 8.56. The van der Waals surface area contributed by atoms with Crippen LogP contribution in [0, 0.1) is 0 Å². The van der Waals surface area contributed by atoms with Crippen molar-refractivity contribution in [1.82, 2.24) is 14.8 Å². The molecule has 2 rings (SSSR count). The minimum atomic E-state index is -0.644. The highest BCUT2D eigenvalue weighted by molar-refractivity contribution is 6.09. The first kappa shape index (κ1) is 20.3. The van der Waals surface area contributed by atoms with Gasteiger partial charge in [0.15, 0.2) is 5.78 Å². The predicted molar refractivity (Wildman–Crippen MR) is 104 cm³/mol. The molecule has 0 aliphatic carbocycles. The molecule has 0 saturated heterocycles. The molecule has 8 heteroatoms. The number of amides is 2. The number of aromatic nitrogens is 1. The number of hydrogen-bond acceptors (Lipinski definition) is 5. The van der Waals surface area contributed by atoms with E-state index in [0.717, 1.165) is 10.9 Å². The standard InChI is InChI=1S/C19H26N4O4/c1-19(2,3)27-18(26)23(5)11-17(25)22(4)10-16(24)14-9-21-15-8-12(20)6-7-13(14)15/h6-9,21H,10-11,20H2,1-5H3. The second kappa shape index (κ2) is 7.69. The van der Waals surface area contributed by atoms with Gasteiger partial charge in [-0.05, 0) is 32.9 Å². The van der Waals surface area contributed by atoms with Crippen LogP contribution in [0.4, 0.5) is 10.5 Å². The Hall–Kier alpha value is -3.03. The third kappa shape index (κ3) is 5.22. The molecule has 2 aromatic rings. The summed E-state index contributed by atoms with van der Waals surface area (Å²) in [5.74, 6) is -0.567. The van der Waals surface area contributed by atoms with Crippen molar-refractivity contribution in [2.75, 3.05) is 32.9 Å².